The molecule has 4 nitrogen and oxygen atoms in total. The Morgan fingerprint density at radius 1 is 1.21 bits per heavy atom. The van der Waals surface area contributed by atoms with E-state index >= 15 is 0 Å². The molecule has 0 fully saturated rings. The number of carbonyl (C=O) groups excluding carboxylic acids is 1. The quantitative estimate of drug-likeness (QED) is 0.934. The molecule has 1 N–H and O–H groups in total. The van der Waals surface area contributed by atoms with E-state index in [2.05, 4.69) is 29.6 Å². The van der Waals surface area contributed by atoms with Crippen LogP contribution < -0.4 is 10.1 Å². The predicted octanol–water partition coefficient (Wildman–Crippen LogP) is 3.76. The Kier molecular flexibility index (Phi) is 4.74. The van der Waals surface area contributed by atoms with Gasteiger partial charge in [-0.2, -0.15) is 0 Å². The van der Waals surface area contributed by atoms with Crippen molar-refractivity contribution in [1.82, 2.24) is 10.2 Å². The maximum Gasteiger partial charge on any atom is 0.318 e. The number of amides is 2. The highest BCUT2D eigenvalue weighted by atomic mass is 16.5. The van der Waals surface area contributed by atoms with Crippen LogP contribution in [0.15, 0.2) is 48.5 Å². The lowest BCUT2D eigenvalue weighted by molar-refractivity contribution is 0.177. The van der Waals surface area contributed by atoms with Crippen molar-refractivity contribution in [3.05, 3.63) is 65.2 Å². The Morgan fingerprint density at radius 2 is 2.00 bits per heavy atom. The van der Waals surface area contributed by atoms with E-state index in [1.165, 1.54) is 11.1 Å². The molecule has 1 aliphatic rings. The Balaban J connectivity index is 2.05. The van der Waals surface area contributed by atoms with Crippen LogP contribution in [-0.2, 0) is 6.42 Å². The molecule has 0 aromatic heterocycles. The second-order valence-corrected chi connectivity index (χ2v) is 6.43. The number of ether oxygens (including phenoxy) is 1. The minimum absolute atomic E-state index is 0.0210. The number of rotatable bonds is 3. The van der Waals surface area contributed by atoms with E-state index < -0.39 is 0 Å². The minimum atomic E-state index is -0.0937. The summed E-state index contributed by atoms with van der Waals surface area (Å²) in [5, 5.41) is 3.03. The fourth-order valence-corrected chi connectivity index (χ4v) is 3.29. The maximum atomic E-state index is 12.7. The first-order valence-electron chi connectivity index (χ1n) is 8.39. The lowest BCUT2D eigenvalue weighted by atomic mass is 9.88. The number of nitrogens with one attached hydrogen (secondary N) is 1. The summed E-state index contributed by atoms with van der Waals surface area (Å²) >= 11 is 0. The molecular weight excluding hydrogens is 300 g/mol. The number of carbonyl (C=O) groups is 1. The number of fused-ring (bicyclic) bond motifs is 1. The van der Waals surface area contributed by atoms with Crippen LogP contribution in [0.4, 0.5) is 4.79 Å². The van der Waals surface area contributed by atoms with Crippen molar-refractivity contribution in [3.63, 3.8) is 0 Å². The first-order chi connectivity index (χ1) is 11.6. The van der Waals surface area contributed by atoms with E-state index in [1.807, 2.05) is 43.0 Å². The molecule has 2 aromatic carbocycles. The van der Waals surface area contributed by atoms with Crippen LogP contribution in [0.2, 0.25) is 0 Å². The van der Waals surface area contributed by atoms with Gasteiger partial charge in [0.15, 0.2) is 0 Å². The van der Waals surface area contributed by atoms with Gasteiger partial charge in [0, 0.05) is 12.6 Å². The van der Waals surface area contributed by atoms with Crippen molar-refractivity contribution in [3.8, 4) is 5.75 Å². The molecule has 0 bridgehead atoms. The Labute approximate surface area is 143 Å². The van der Waals surface area contributed by atoms with Crippen molar-refractivity contribution < 1.29 is 9.53 Å². The van der Waals surface area contributed by atoms with E-state index in [0.717, 1.165) is 17.7 Å². The lowest BCUT2D eigenvalue weighted by Gasteiger charge is -2.38. The van der Waals surface area contributed by atoms with Gasteiger partial charge in [-0.05, 0) is 49.1 Å². The van der Waals surface area contributed by atoms with Gasteiger partial charge in [0.1, 0.15) is 5.75 Å². The molecule has 2 aromatic rings. The number of hydrogen-bond acceptors (Lipinski definition) is 2. The van der Waals surface area contributed by atoms with Gasteiger partial charge in [-0.3, -0.25) is 0 Å². The molecule has 0 saturated carbocycles. The fourth-order valence-electron chi connectivity index (χ4n) is 3.29. The summed E-state index contributed by atoms with van der Waals surface area (Å²) in [5.41, 5.74) is 3.57. The van der Waals surface area contributed by atoms with Gasteiger partial charge in [0.2, 0.25) is 0 Å². The van der Waals surface area contributed by atoms with E-state index in [-0.39, 0.29) is 18.1 Å². The van der Waals surface area contributed by atoms with Crippen molar-refractivity contribution in [2.45, 2.75) is 32.4 Å². The molecular formula is C20H24N2O2. The highest BCUT2D eigenvalue weighted by molar-refractivity contribution is 5.76. The standard InChI is InChI=1S/C20H24N2O2/c1-14(2)21-20(23)22-12-11-15-7-4-5-10-18(15)19(22)16-8-6-9-17(13-16)24-3/h4-10,13-14,19H,11-12H2,1-3H3,(H,21,23). The Bertz CT molecular complexity index is 727. The van der Waals surface area contributed by atoms with Crippen LogP contribution >= 0.6 is 0 Å². The maximum absolute atomic E-state index is 12.7. The van der Waals surface area contributed by atoms with Crippen LogP contribution in [0.1, 0.15) is 36.6 Å². The van der Waals surface area contributed by atoms with Crippen LogP contribution in [0, 0.1) is 0 Å². The van der Waals surface area contributed by atoms with Gasteiger partial charge in [0.25, 0.3) is 0 Å². The zero-order valence-corrected chi connectivity index (χ0v) is 14.5. The number of methoxy groups -OCH3 is 1. The van der Waals surface area contributed by atoms with Crippen molar-refractivity contribution in [1.29, 1.82) is 0 Å². The minimum Gasteiger partial charge on any atom is -0.497 e. The molecule has 2 amide bonds. The largest absolute Gasteiger partial charge is 0.497 e. The molecule has 0 aliphatic carbocycles. The van der Waals surface area contributed by atoms with Crippen molar-refractivity contribution >= 4 is 6.03 Å². The molecule has 1 atom stereocenters. The molecule has 0 spiro atoms. The molecule has 1 heterocycles. The average Bonchev–Trinajstić information content (AvgIpc) is 2.60. The molecule has 0 radical (unpaired) electrons. The first kappa shape index (κ1) is 16.4. The average molecular weight is 324 g/mol. The van der Waals surface area contributed by atoms with E-state index in [4.69, 9.17) is 4.74 Å². The molecule has 24 heavy (non-hydrogen) atoms. The number of benzene rings is 2. The van der Waals surface area contributed by atoms with E-state index in [0.29, 0.717) is 6.54 Å². The van der Waals surface area contributed by atoms with Gasteiger partial charge < -0.3 is 15.0 Å². The molecule has 3 rings (SSSR count). The smallest absolute Gasteiger partial charge is 0.318 e. The zero-order valence-electron chi connectivity index (χ0n) is 14.5. The summed E-state index contributed by atoms with van der Waals surface area (Å²) < 4.78 is 5.37. The summed E-state index contributed by atoms with van der Waals surface area (Å²) in [6, 6.07) is 16.3. The van der Waals surface area contributed by atoms with Gasteiger partial charge in [-0.15, -0.1) is 0 Å². The first-order valence-corrected chi connectivity index (χ1v) is 8.39. The summed E-state index contributed by atoms with van der Waals surface area (Å²) in [4.78, 5) is 14.7. The summed E-state index contributed by atoms with van der Waals surface area (Å²) in [6.45, 7) is 4.67. The van der Waals surface area contributed by atoms with Crippen LogP contribution in [0.5, 0.6) is 5.75 Å². The third kappa shape index (κ3) is 3.23. The van der Waals surface area contributed by atoms with Crippen molar-refractivity contribution in [2.24, 2.45) is 0 Å². The SMILES string of the molecule is COc1cccc(C2c3ccccc3CCN2C(=O)NC(C)C)c1. The summed E-state index contributed by atoms with van der Waals surface area (Å²) in [7, 11) is 1.66. The van der Waals surface area contributed by atoms with E-state index in [1.54, 1.807) is 7.11 Å². The van der Waals surface area contributed by atoms with Crippen molar-refractivity contribution in [2.75, 3.05) is 13.7 Å². The topological polar surface area (TPSA) is 41.6 Å². The number of hydrogen-bond donors (Lipinski definition) is 1. The summed E-state index contributed by atoms with van der Waals surface area (Å²) in [6.07, 6.45) is 0.877. The van der Waals surface area contributed by atoms with Gasteiger partial charge in [0.05, 0.1) is 13.2 Å². The third-order valence-electron chi connectivity index (χ3n) is 4.37. The van der Waals surface area contributed by atoms with Gasteiger partial charge in [-0.1, -0.05) is 36.4 Å². The van der Waals surface area contributed by atoms with E-state index in [9.17, 15) is 4.79 Å². The second kappa shape index (κ2) is 6.95. The predicted molar refractivity (Wildman–Crippen MR) is 95.4 cm³/mol. The lowest BCUT2D eigenvalue weighted by Crippen LogP contribution is -2.47. The number of urea groups is 1. The molecule has 1 aliphatic heterocycles. The Morgan fingerprint density at radius 3 is 2.75 bits per heavy atom. The molecule has 1 unspecified atom stereocenters. The third-order valence-corrected chi connectivity index (χ3v) is 4.37. The monoisotopic (exact) mass is 324 g/mol. The Hall–Kier alpha value is -2.49. The van der Waals surface area contributed by atoms with Crippen LogP contribution in [0.3, 0.4) is 0 Å². The number of nitrogens with zero attached hydrogens (tertiary/aromatic N) is 1. The molecule has 0 saturated heterocycles. The van der Waals surface area contributed by atoms with Gasteiger partial charge in [-0.25, -0.2) is 4.79 Å². The highest BCUT2D eigenvalue weighted by Crippen LogP contribution is 2.36. The second-order valence-electron chi connectivity index (χ2n) is 6.43. The fraction of sp³-hybridized carbons (Fsp3) is 0.350. The highest BCUT2D eigenvalue weighted by Gasteiger charge is 2.32. The van der Waals surface area contributed by atoms with Crippen LogP contribution in [0.25, 0.3) is 0 Å². The van der Waals surface area contributed by atoms with Crippen LogP contribution in [-0.4, -0.2) is 30.6 Å². The molecule has 4 heteroatoms. The zero-order chi connectivity index (χ0) is 17.1. The van der Waals surface area contributed by atoms with Gasteiger partial charge >= 0.3 is 6.03 Å². The summed E-state index contributed by atoms with van der Waals surface area (Å²) in [5.74, 6) is 0.805. The normalized spacial score (nSPS) is 16.7. The molecule has 126 valence electrons.